The third kappa shape index (κ3) is 7.30. The average molecular weight is 338 g/mol. The third-order valence-electron chi connectivity index (χ3n) is 2.47. The molecule has 3 atom stereocenters. The van der Waals surface area contributed by atoms with Crippen LogP contribution in [0, 0.1) is 0 Å². The summed E-state index contributed by atoms with van der Waals surface area (Å²) in [5.74, 6) is -7.07. The summed E-state index contributed by atoms with van der Waals surface area (Å²) in [6.45, 7) is -1.29. The summed E-state index contributed by atoms with van der Waals surface area (Å²) in [5.41, 5.74) is 10.4. The van der Waals surface area contributed by atoms with E-state index in [0.717, 1.165) is 0 Å². The van der Waals surface area contributed by atoms with Gasteiger partial charge in [-0.25, -0.2) is 13.2 Å². The minimum atomic E-state index is -2.16. The standard InChI is InChI=1S/C9H21F3N4S3/c10-7(14,4-17)2-15-9(12,6-19)3-16-8(11,1-13)5-18/h15-19H,1-6,13-14H2/t7-,8-,9-/m1/s1. The van der Waals surface area contributed by atoms with Gasteiger partial charge in [-0.1, -0.05) is 0 Å². The fourth-order valence-corrected chi connectivity index (χ4v) is 1.60. The quantitative estimate of drug-likeness (QED) is 0.224. The molecule has 0 aliphatic heterocycles. The predicted molar refractivity (Wildman–Crippen MR) is 82.3 cm³/mol. The molecule has 0 amide bonds. The number of alkyl halides is 3. The Morgan fingerprint density at radius 2 is 1.32 bits per heavy atom. The largest absolute Gasteiger partial charge is 0.326 e. The molecule has 19 heavy (non-hydrogen) atoms. The highest BCUT2D eigenvalue weighted by Gasteiger charge is 2.35. The van der Waals surface area contributed by atoms with Crippen LogP contribution in [0.4, 0.5) is 13.2 Å². The Bertz CT molecular complexity index is 269. The molecule has 116 valence electrons. The summed E-state index contributed by atoms with van der Waals surface area (Å²) in [6, 6.07) is 0. The van der Waals surface area contributed by atoms with Gasteiger partial charge < -0.3 is 5.73 Å². The van der Waals surface area contributed by atoms with E-state index in [1.54, 1.807) is 0 Å². The van der Waals surface area contributed by atoms with E-state index < -0.39 is 30.5 Å². The van der Waals surface area contributed by atoms with Crippen molar-refractivity contribution < 1.29 is 13.2 Å². The highest BCUT2D eigenvalue weighted by atomic mass is 32.1. The fourth-order valence-electron chi connectivity index (χ4n) is 1.03. The summed E-state index contributed by atoms with van der Waals surface area (Å²) < 4.78 is 41.5. The van der Waals surface area contributed by atoms with Crippen LogP contribution in [0.1, 0.15) is 0 Å². The Kier molecular flexibility index (Phi) is 8.50. The van der Waals surface area contributed by atoms with E-state index >= 15 is 0 Å². The van der Waals surface area contributed by atoms with Crippen LogP contribution < -0.4 is 22.1 Å². The Labute approximate surface area is 127 Å². The molecule has 0 fully saturated rings. The van der Waals surface area contributed by atoms with Gasteiger partial charge in [0.15, 0.2) is 17.4 Å². The maximum Gasteiger partial charge on any atom is 0.183 e. The molecular weight excluding hydrogens is 317 g/mol. The number of nitrogens with one attached hydrogen (secondary N) is 2. The topological polar surface area (TPSA) is 76.1 Å². The molecule has 0 aromatic rings. The molecule has 10 heteroatoms. The van der Waals surface area contributed by atoms with Crippen molar-refractivity contribution in [2.75, 3.05) is 36.9 Å². The van der Waals surface area contributed by atoms with E-state index in [-0.39, 0.29) is 23.8 Å². The second-order valence-corrected chi connectivity index (χ2v) is 5.30. The van der Waals surface area contributed by atoms with Crippen LogP contribution >= 0.6 is 37.9 Å². The van der Waals surface area contributed by atoms with E-state index in [2.05, 4.69) is 48.5 Å². The number of nitrogens with two attached hydrogens (primary N) is 2. The second-order valence-electron chi connectivity index (χ2n) is 4.35. The molecule has 0 bridgehead atoms. The summed E-state index contributed by atoms with van der Waals surface area (Å²) in [7, 11) is 0. The first-order valence-electron chi connectivity index (χ1n) is 5.54. The van der Waals surface area contributed by atoms with Crippen LogP contribution in [0.25, 0.3) is 0 Å². The van der Waals surface area contributed by atoms with Gasteiger partial charge in [-0.05, 0) is 0 Å². The van der Waals surface area contributed by atoms with Crippen LogP contribution in [0.3, 0.4) is 0 Å². The van der Waals surface area contributed by atoms with Crippen LogP contribution in [0.5, 0.6) is 0 Å². The van der Waals surface area contributed by atoms with Crippen LogP contribution in [0.15, 0.2) is 0 Å². The molecule has 6 N–H and O–H groups in total. The van der Waals surface area contributed by atoms with E-state index in [0.29, 0.717) is 0 Å². The lowest BCUT2D eigenvalue weighted by atomic mass is 10.2. The minimum Gasteiger partial charge on any atom is -0.326 e. The third-order valence-corrected chi connectivity index (χ3v) is 4.00. The van der Waals surface area contributed by atoms with Crippen molar-refractivity contribution in [3.63, 3.8) is 0 Å². The lowest BCUT2D eigenvalue weighted by molar-refractivity contribution is 0.0694. The summed E-state index contributed by atoms with van der Waals surface area (Å²) in [6.07, 6.45) is 0. The van der Waals surface area contributed by atoms with Gasteiger partial charge in [-0.3, -0.25) is 16.4 Å². The minimum absolute atomic E-state index is 0.216. The molecule has 0 aliphatic carbocycles. The predicted octanol–water partition coefficient (Wildman–Crippen LogP) is -0.130. The van der Waals surface area contributed by atoms with Gasteiger partial charge in [0.2, 0.25) is 0 Å². The average Bonchev–Trinajstić information content (AvgIpc) is 2.42. The molecule has 0 aromatic heterocycles. The lowest BCUT2D eigenvalue weighted by Gasteiger charge is -2.32. The van der Waals surface area contributed by atoms with Crippen molar-refractivity contribution in [2.45, 2.75) is 17.4 Å². The van der Waals surface area contributed by atoms with Crippen molar-refractivity contribution in [3.8, 4) is 0 Å². The zero-order valence-corrected chi connectivity index (χ0v) is 13.1. The number of halogens is 3. The van der Waals surface area contributed by atoms with Crippen LogP contribution in [-0.2, 0) is 0 Å². The summed E-state index contributed by atoms with van der Waals surface area (Å²) in [4.78, 5) is 0. The highest BCUT2D eigenvalue weighted by molar-refractivity contribution is 7.80. The van der Waals surface area contributed by atoms with Gasteiger partial charge >= 0.3 is 0 Å². The first-order valence-corrected chi connectivity index (χ1v) is 7.44. The molecule has 0 radical (unpaired) electrons. The van der Waals surface area contributed by atoms with E-state index in [1.165, 1.54) is 0 Å². The molecule has 0 aliphatic rings. The van der Waals surface area contributed by atoms with E-state index in [4.69, 9.17) is 11.5 Å². The highest BCUT2D eigenvalue weighted by Crippen LogP contribution is 2.14. The first-order chi connectivity index (χ1) is 8.66. The van der Waals surface area contributed by atoms with Crippen molar-refractivity contribution in [3.05, 3.63) is 0 Å². The normalized spacial score (nSPS) is 21.5. The van der Waals surface area contributed by atoms with Gasteiger partial charge in [0.25, 0.3) is 0 Å². The number of hydrogen-bond acceptors (Lipinski definition) is 7. The fraction of sp³-hybridized carbons (Fsp3) is 1.00. The molecule has 4 nitrogen and oxygen atoms in total. The molecular formula is C9H21F3N4S3. The van der Waals surface area contributed by atoms with Crippen LogP contribution in [-0.4, -0.2) is 54.3 Å². The molecule has 0 saturated carbocycles. The van der Waals surface area contributed by atoms with Gasteiger partial charge in [0, 0.05) is 36.9 Å². The second kappa shape index (κ2) is 8.20. The molecule has 0 rings (SSSR count). The summed E-state index contributed by atoms with van der Waals surface area (Å²) >= 11 is 11.3. The SMILES string of the molecule is NC[C@](F)(CS)NC[C@](F)(CS)NC[C@](N)(F)CS. The molecule has 0 unspecified atom stereocenters. The Morgan fingerprint density at radius 1 is 0.842 bits per heavy atom. The van der Waals surface area contributed by atoms with E-state index in [9.17, 15) is 13.2 Å². The van der Waals surface area contributed by atoms with Crippen molar-refractivity contribution in [1.82, 2.24) is 10.6 Å². The van der Waals surface area contributed by atoms with Gasteiger partial charge in [-0.2, -0.15) is 37.9 Å². The molecule has 0 spiro atoms. The number of rotatable bonds is 10. The Balaban J connectivity index is 4.45. The Morgan fingerprint density at radius 3 is 1.68 bits per heavy atom. The van der Waals surface area contributed by atoms with Crippen molar-refractivity contribution in [2.24, 2.45) is 11.5 Å². The smallest absolute Gasteiger partial charge is 0.183 e. The van der Waals surface area contributed by atoms with Crippen LogP contribution in [0.2, 0.25) is 0 Å². The van der Waals surface area contributed by atoms with Gasteiger partial charge in [0.1, 0.15) is 0 Å². The molecule has 0 heterocycles. The lowest BCUT2D eigenvalue weighted by Crippen LogP contribution is -2.61. The van der Waals surface area contributed by atoms with E-state index in [1.807, 2.05) is 0 Å². The molecule has 0 aromatic carbocycles. The summed E-state index contributed by atoms with van der Waals surface area (Å²) in [5, 5.41) is 4.58. The van der Waals surface area contributed by atoms with Gasteiger partial charge in [0.05, 0.1) is 0 Å². The molecule has 0 saturated heterocycles. The maximum absolute atomic E-state index is 14.3. The van der Waals surface area contributed by atoms with Crippen molar-refractivity contribution >= 4 is 37.9 Å². The number of thiol groups is 3. The zero-order valence-electron chi connectivity index (χ0n) is 10.4. The first kappa shape index (κ1) is 19.7. The number of hydrogen-bond donors (Lipinski definition) is 7. The maximum atomic E-state index is 14.3. The monoisotopic (exact) mass is 338 g/mol. The Hall–Kier alpha value is 0.680. The van der Waals surface area contributed by atoms with Crippen molar-refractivity contribution in [1.29, 1.82) is 0 Å². The van der Waals surface area contributed by atoms with Gasteiger partial charge in [-0.15, -0.1) is 0 Å². The zero-order chi connectivity index (χ0) is 15.2.